The van der Waals surface area contributed by atoms with Crippen molar-refractivity contribution in [3.63, 3.8) is 0 Å². The van der Waals surface area contributed by atoms with Gasteiger partial charge in [-0.25, -0.2) is 4.98 Å². The van der Waals surface area contributed by atoms with Crippen molar-refractivity contribution in [2.75, 3.05) is 0 Å². The Morgan fingerprint density at radius 3 is 2.28 bits per heavy atom. The Kier molecular flexibility index (Phi) is 11.8. The van der Waals surface area contributed by atoms with Crippen molar-refractivity contribution in [2.24, 2.45) is 5.92 Å². The zero-order chi connectivity index (χ0) is 32.2. The molecule has 46 heavy (non-hydrogen) atoms. The van der Waals surface area contributed by atoms with Crippen LogP contribution in [0.25, 0.3) is 44.6 Å². The Hall–Kier alpha value is -3.12. The van der Waals surface area contributed by atoms with Gasteiger partial charge in [-0.1, -0.05) is 37.8 Å². The van der Waals surface area contributed by atoms with E-state index in [1.807, 2.05) is 48.7 Å². The van der Waals surface area contributed by atoms with Crippen LogP contribution in [0.3, 0.4) is 0 Å². The number of aromatic nitrogens is 3. The number of furan rings is 1. The van der Waals surface area contributed by atoms with Crippen molar-refractivity contribution in [3.05, 3.63) is 109 Å². The van der Waals surface area contributed by atoms with Gasteiger partial charge in [0.2, 0.25) is 5.71 Å². The second-order valence-electron chi connectivity index (χ2n) is 13.6. The third-order valence-electron chi connectivity index (χ3n) is 8.89. The van der Waals surface area contributed by atoms with Crippen LogP contribution in [0.5, 0.6) is 0 Å². The third-order valence-corrected chi connectivity index (χ3v) is 13.2. The number of fused-ring (bicyclic) bond motifs is 3. The van der Waals surface area contributed by atoms with Gasteiger partial charge < -0.3 is 9.40 Å². The topological polar surface area (TPSA) is 51.8 Å². The second-order valence-corrected chi connectivity index (χ2v) is 24.2. The molecular formula is C40H45GeIrN3O-2. The molecule has 0 bridgehead atoms. The normalized spacial score (nSPS) is 11.8. The first-order valence-corrected chi connectivity index (χ1v) is 23.5. The summed E-state index contributed by atoms with van der Waals surface area (Å²) in [6.07, 6.45) is 9.10. The molecule has 6 rings (SSSR count). The van der Waals surface area contributed by atoms with Gasteiger partial charge in [0, 0.05) is 37.9 Å². The maximum atomic E-state index is 6.03. The molecule has 4 nitrogen and oxygen atoms in total. The maximum Gasteiger partial charge on any atom is 0.216 e. The molecule has 0 saturated heterocycles. The van der Waals surface area contributed by atoms with Crippen LogP contribution >= 0.6 is 0 Å². The van der Waals surface area contributed by atoms with Gasteiger partial charge in [0.25, 0.3) is 0 Å². The Morgan fingerprint density at radius 1 is 0.826 bits per heavy atom. The predicted molar refractivity (Wildman–Crippen MR) is 192 cm³/mol. The minimum Gasteiger partial charge on any atom is -0.486 e. The van der Waals surface area contributed by atoms with Gasteiger partial charge in [-0.2, -0.15) is 0 Å². The Labute approximate surface area is 291 Å². The molecule has 4 heterocycles. The van der Waals surface area contributed by atoms with Crippen molar-refractivity contribution >= 4 is 39.7 Å². The van der Waals surface area contributed by atoms with E-state index in [1.165, 1.54) is 11.1 Å². The van der Waals surface area contributed by atoms with Gasteiger partial charge in [0.15, 0.2) is 0 Å². The van der Waals surface area contributed by atoms with Gasteiger partial charge in [-0.15, -0.1) is 18.2 Å². The summed E-state index contributed by atoms with van der Waals surface area (Å²) in [7, 11) is 0. The monoisotopic (exact) mass is 850 g/mol. The van der Waals surface area contributed by atoms with E-state index in [-0.39, 0.29) is 25.5 Å². The van der Waals surface area contributed by atoms with Gasteiger partial charge in [0.1, 0.15) is 0 Å². The average Bonchev–Trinajstić information content (AvgIpc) is 3.43. The average molecular weight is 849 g/mol. The van der Waals surface area contributed by atoms with Crippen molar-refractivity contribution in [3.8, 4) is 22.5 Å². The molecule has 2 aromatic carbocycles. The largest absolute Gasteiger partial charge is 0.486 e. The fourth-order valence-electron chi connectivity index (χ4n) is 5.85. The number of nitrogens with zero attached hydrogens (tertiary/aromatic N) is 3. The Bertz CT molecular complexity index is 1890. The summed E-state index contributed by atoms with van der Waals surface area (Å²) in [6.45, 7) is 11.4. The molecular weight excluding hydrogens is 803 g/mol. The van der Waals surface area contributed by atoms with E-state index >= 15 is 0 Å². The molecule has 241 valence electrons. The van der Waals surface area contributed by atoms with Crippen molar-refractivity contribution in [2.45, 2.75) is 76.6 Å². The number of hydrogen-bond donors (Lipinski definition) is 0. The zero-order valence-electron chi connectivity index (χ0n) is 28.4. The molecule has 0 unspecified atom stereocenters. The number of benzene rings is 2. The van der Waals surface area contributed by atoms with Gasteiger partial charge in [0.05, 0.1) is 5.58 Å². The van der Waals surface area contributed by atoms with Crippen molar-refractivity contribution < 1.29 is 24.5 Å². The van der Waals surface area contributed by atoms with E-state index in [0.29, 0.717) is 11.6 Å². The van der Waals surface area contributed by atoms with Crippen LogP contribution in [0.4, 0.5) is 0 Å². The molecule has 0 aliphatic rings. The zero-order valence-corrected chi connectivity index (χ0v) is 32.9. The van der Waals surface area contributed by atoms with E-state index in [4.69, 9.17) is 9.40 Å². The standard InChI is InChI=1S/C22H21N2O.C18H24GeN.Ir/c1-4-22(3,5-2)15-11-13-23-19(14-15)18-9-6-8-16-17-10-7-12-24-21(17)25-20(16)18;1-14(2)11-16-12-18(15-9-7-6-8-10-15)20-13-17(16)19(3,4)5;/h6-8,10-14H,4-5H2,1-3H3;6-9,12-14H,11H2,1-5H3;/q2*-1;. The minimum absolute atomic E-state index is 0. The molecule has 4 aromatic heterocycles. The number of pyridine rings is 3. The molecule has 0 aliphatic carbocycles. The maximum absolute atomic E-state index is 6.03. The summed E-state index contributed by atoms with van der Waals surface area (Å²) in [5.74, 6) is 7.99. The molecule has 0 aliphatic heterocycles. The van der Waals surface area contributed by atoms with E-state index < -0.39 is 13.3 Å². The SMILES string of the molecule is CC(C)Cc1cc(-c2[c-]cccc2)nc[c]1[Ge]([CH3])([CH3])[CH3].CCC(C)(CC)c1ccnc(-c2[c-]ccc3c2oc2ncccc23)c1.[Ir]. The molecule has 0 spiro atoms. The van der Waals surface area contributed by atoms with E-state index in [0.717, 1.165) is 58.1 Å². The molecule has 0 N–H and O–H groups in total. The molecule has 0 saturated carbocycles. The Balaban J connectivity index is 0.000000210. The molecule has 0 atom stereocenters. The quantitative estimate of drug-likeness (QED) is 0.113. The van der Waals surface area contributed by atoms with Crippen LogP contribution in [0.1, 0.15) is 58.6 Å². The van der Waals surface area contributed by atoms with Crippen molar-refractivity contribution in [1.29, 1.82) is 0 Å². The predicted octanol–water partition coefficient (Wildman–Crippen LogP) is 10.2. The first-order valence-electron chi connectivity index (χ1n) is 16.2. The van der Waals surface area contributed by atoms with Crippen molar-refractivity contribution in [1.82, 2.24) is 15.0 Å². The fraction of sp³-hybridized carbons (Fsp3) is 0.325. The van der Waals surface area contributed by atoms with Crippen LogP contribution < -0.4 is 4.40 Å². The third kappa shape index (κ3) is 7.87. The smallest absolute Gasteiger partial charge is 0.216 e. The second kappa shape index (κ2) is 15.2. The van der Waals surface area contributed by atoms with Gasteiger partial charge in [-0.05, 0) is 47.7 Å². The fourth-order valence-corrected chi connectivity index (χ4v) is 9.18. The van der Waals surface area contributed by atoms with Crippen LogP contribution in [-0.2, 0) is 31.9 Å². The summed E-state index contributed by atoms with van der Waals surface area (Å²) < 4.78 is 7.57. The van der Waals surface area contributed by atoms with E-state index in [2.05, 4.69) is 104 Å². The molecule has 0 amide bonds. The van der Waals surface area contributed by atoms with Crippen LogP contribution in [-0.4, -0.2) is 28.2 Å². The van der Waals surface area contributed by atoms with E-state index in [9.17, 15) is 0 Å². The van der Waals surface area contributed by atoms with Gasteiger partial charge in [-0.3, -0.25) is 0 Å². The summed E-state index contributed by atoms with van der Waals surface area (Å²) in [4.78, 5) is 13.6. The molecule has 6 heteroatoms. The number of rotatable bonds is 8. The molecule has 1 radical (unpaired) electrons. The van der Waals surface area contributed by atoms with Crippen LogP contribution in [0, 0.1) is 18.1 Å². The first kappa shape index (κ1) is 35.7. The molecule has 6 aromatic rings. The van der Waals surface area contributed by atoms with Crippen LogP contribution in [0.15, 0.2) is 89.7 Å². The summed E-state index contributed by atoms with van der Waals surface area (Å²) in [6, 6.07) is 29.2. The Morgan fingerprint density at radius 2 is 1.61 bits per heavy atom. The van der Waals surface area contributed by atoms with E-state index in [1.54, 1.807) is 10.6 Å². The minimum atomic E-state index is -1.86. The van der Waals surface area contributed by atoms with Crippen LogP contribution in [0.2, 0.25) is 17.3 Å². The molecule has 0 fully saturated rings. The first-order chi connectivity index (χ1) is 21.5. The summed E-state index contributed by atoms with van der Waals surface area (Å²) in [5, 5.41) is 2.08. The number of hydrogen-bond acceptors (Lipinski definition) is 4. The summed E-state index contributed by atoms with van der Waals surface area (Å²) >= 11 is -1.86. The van der Waals surface area contributed by atoms with Gasteiger partial charge >= 0.3 is 126 Å². The summed E-state index contributed by atoms with van der Waals surface area (Å²) in [5.41, 5.74) is 8.35.